The van der Waals surface area contributed by atoms with Gasteiger partial charge in [-0.05, 0) is 42.3 Å². The molecule has 0 radical (unpaired) electrons. The number of halogens is 4. The zero-order valence-corrected chi connectivity index (χ0v) is 30.8. The van der Waals surface area contributed by atoms with Crippen molar-refractivity contribution >= 4 is 97.6 Å². The van der Waals surface area contributed by atoms with Crippen molar-refractivity contribution in [1.82, 2.24) is 19.8 Å². The Hall–Kier alpha value is -4.97. The lowest BCUT2D eigenvalue weighted by atomic mass is 9.94. The summed E-state index contributed by atoms with van der Waals surface area (Å²) in [6.45, 7) is 3.00. The number of amides is 4. The second kappa shape index (κ2) is 12.9. The van der Waals surface area contributed by atoms with Gasteiger partial charge in [0, 0.05) is 53.0 Å². The molecule has 0 saturated carbocycles. The summed E-state index contributed by atoms with van der Waals surface area (Å²) in [4.78, 5) is 62.0. The quantitative estimate of drug-likeness (QED) is 0.122. The molecule has 8 rings (SSSR count). The maximum absolute atomic E-state index is 12.5. The van der Waals surface area contributed by atoms with Crippen LogP contribution in [0.5, 0.6) is 0 Å². The highest BCUT2D eigenvalue weighted by atomic mass is 35.5. The van der Waals surface area contributed by atoms with Crippen LogP contribution in [-0.2, 0) is 14.1 Å². The first-order valence-electron chi connectivity index (χ1n) is 15.7. The zero-order chi connectivity index (χ0) is 37.5. The maximum Gasteiger partial charge on any atom is 0.259 e. The number of aliphatic hydroxyl groups excluding tert-OH is 1. The van der Waals surface area contributed by atoms with E-state index < -0.39 is 29.7 Å². The van der Waals surface area contributed by atoms with E-state index in [-0.39, 0.29) is 43.8 Å². The van der Waals surface area contributed by atoms with Crippen molar-refractivity contribution in [2.45, 2.75) is 20.0 Å². The number of imide groups is 2. The summed E-state index contributed by atoms with van der Waals surface area (Å²) in [6, 6.07) is 17.7. The van der Waals surface area contributed by atoms with E-state index in [0.717, 1.165) is 0 Å². The number of fused-ring (bicyclic) bond motifs is 6. The fraction of sp³-hybridized carbons (Fsp3) is 0.132. The molecule has 6 aromatic rings. The molecule has 1 unspecified atom stereocenters. The molecule has 14 heteroatoms. The number of Topliss-reactive ketones (excluding diaryl/α,β-unsaturated/α-hetero) is 1. The van der Waals surface area contributed by atoms with E-state index in [1.165, 1.54) is 6.92 Å². The van der Waals surface area contributed by atoms with Crippen molar-refractivity contribution in [1.29, 1.82) is 0 Å². The number of carbonyl (C=O) groups is 5. The molecule has 262 valence electrons. The number of nitrogens with one attached hydrogen (secondary N) is 2. The Morgan fingerprint density at radius 2 is 1.04 bits per heavy atom. The Morgan fingerprint density at radius 3 is 1.46 bits per heavy atom. The van der Waals surface area contributed by atoms with Crippen LogP contribution >= 0.6 is 46.4 Å². The number of benzene rings is 4. The molecule has 0 spiro atoms. The molecule has 4 amide bonds. The number of ketones is 1. The van der Waals surface area contributed by atoms with Gasteiger partial charge in [-0.2, -0.15) is 0 Å². The van der Waals surface area contributed by atoms with E-state index in [1.54, 1.807) is 84.8 Å². The van der Waals surface area contributed by atoms with Gasteiger partial charge in [-0.3, -0.25) is 34.6 Å². The zero-order valence-electron chi connectivity index (χ0n) is 27.7. The largest absolute Gasteiger partial charge is 0.387 e. The number of aliphatic hydroxyl groups is 1. The summed E-state index contributed by atoms with van der Waals surface area (Å²) in [5.41, 5.74) is 5.20. The monoisotopic (exact) mass is 774 g/mol. The minimum absolute atomic E-state index is 0.168. The number of aromatic nitrogens is 2. The van der Waals surface area contributed by atoms with Crippen molar-refractivity contribution in [3.8, 4) is 22.3 Å². The van der Waals surface area contributed by atoms with E-state index in [2.05, 4.69) is 10.6 Å². The van der Waals surface area contributed by atoms with E-state index in [1.807, 2.05) is 6.07 Å². The fourth-order valence-electron chi connectivity index (χ4n) is 7.12. The Balaban J connectivity index is 0.000000162. The van der Waals surface area contributed by atoms with Crippen LogP contribution in [0, 0.1) is 0 Å². The normalized spacial score (nSPS) is 13.9. The molecule has 3 N–H and O–H groups in total. The standard InChI is InChI=1S/C19H14Cl2N2O3.C19H12Cl2N2O3/c2*1-8(24)17-16(21)14-12(23(17)2)7-10(9-5-3-4-6-11(9)20)13-15(14)19(26)22-18(13)25/h3-8,24H,1-2H3,(H,22,25,26);3-7H,1-2H3,(H,22,25,26). The van der Waals surface area contributed by atoms with Crippen LogP contribution in [0.2, 0.25) is 20.1 Å². The maximum atomic E-state index is 12.5. The number of hydrogen-bond donors (Lipinski definition) is 3. The van der Waals surface area contributed by atoms with Crippen LogP contribution in [0.15, 0.2) is 60.7 Å². The molecule has 4 heterocycles. The lowest BCUT2D eigenvalue weighted by Gasteiger charge is -2.11. The van der Waals surface area contributed by atoms with Crippen molar-refractivity contribution in [2.24, 2.45) is 14.1 Å². The summed E-state index contributed by atoms with van der Waals surface area (Å²) < 4.78 is 3.37. The predicted molar refractivity (Wildman–Crippen MR) is 201 cm³/mol. The van der Waals surface area contributed by atoms with Gasteiger partial charge in [0.15, 0.2) is 5.78 Å². The molecular formula is C38H26Cl4N4O6. The third-order valence-electron chi connectivity index (χ3n) is 9.32. The first-order valence-corrected chi connectivity index (χ1v) is 17.3. The summed E-state index contributed by atoms with van der Waals surface area (Å²) >= 11 is 25.6. The molecule has 1 atom stereocenters. The van der Waals surface area contributed by atoms with Crippen molar-refractivity contribution in [3.63, 3.8) is 0 Å². The Kier molecular flexibility index (Phi) is 8.80. The van der Waals surface area contributed by atoms with Gasteiger partial charge < -0.3 is 14.2 Å². The molecule has 52 heavy (non-hydrogen) atoms. The lowest BCUT2D eigenvalue weighted by Crippen LogP contribution is -2.20. The van der Waals surface area contributed by atoms with Crippen LogP contribution in [0.4, 0.5) is 0 Å². The van der Waals surface area contributed by atoms with Gasteiger partial charge >= 0.3 is 0 Å². The van der Waals surface area contributed by atoms with Crippen molar-refractivity contribution < 1.29 is 29.1 Å². The molecule has 0 aliphatic carbocycles. The van der Waals surface area contributed by atoms with Crippen molar-refractivity contribution in [2.75, 3.05) is 0 Å². The number of carbonyl (C=O) groups excluding carboxylic acids is 5. The molecule has 2 aromatic heterocycles. The van der Waals surface area contributed by atoms with Gasteiger partial charge in [-0.25, -0.2) is 0 Å². The smallest absolute Gasteiger partial charge is 0.259 e. The Bertz CT molecular complexity index is 2640. The topological polar surface area (TPSA) is 140 Å². The summed E-state index contributed by atoms with van der Waals surface area (Å²) in [5, 5.41) is 17.0. The summed E-state index contributed by atoms with van der Waals surface area (Å²) in [5.74, 6) is -2.27. The van der Waals surface area contributed by atoms with E-state index in [4.69, 9.17) is 46.4 Å². The van der Waals surface area contributed by atoms with Gasteiger partial charge in [0.05, 0.1) is 55.1 Å². The average Bonchev–Trinajstić information content (AvgIpc) is 3.73. The summed E-state index contributed by atoms with van der Waals surface area (Å²) in [7, 11) is 3.45. The Morgan fingerprint density at radius 1 is 0.635 bits per heavy atom. The van der Waals surface area contributed by atoms with E-state index in [9.17, 15) is 29.1 Å². The average molecular weight is 776 g/mol. The van der Waals surface area contributed by atoms with Gasteiger partial charge in [-0.15, -0.1) is 0 Å². The van der Waals surface area contributed by atoms with Crippen LogP contribution < -0.4 is 10.6 Å². The third kappa shape index (κ3) is 5.24. The number of hydrogen-bond acceptors (Lipinski definition) is 6. The molecule has 0 bridgehead atoms. The molecule has 2 aliphatic heterocycles. The molecular weight excluding hydrogens is 750 g/mol. The first kappa shape index (κ1) is 35.4. The van der Waals surface area contributed by atoms with E-state index in [0.29, 0.717) is 59.8 Å². The van der Waals surface area contributed by atoms with Crippen molar-refractivity contribution in [3.05, 3.63) is 114 Å². The van der Waals surface area contributed by atoms with Crippen LogP contribution in [-0.4, -0.2) is 43.7 Å². The first-order chi connectivity index (χ1) is 24.6. The highest BCUT2D eigenvalue weighted by Gasteiger charge is 2.37. The van der Waals surface area contributed by atoms with Crippen LogP contribution in [0.3, 0.4) is 0 Å². The van der Waals surface area contributed by atoms with Gasteiger partial charge in [0.2, 0.25) is 0 Å². The number of nitrogens with zero attached hydrogens (tertiary/aromatic N) is 2. The second-order valence-corrected chi connectivity index (χ2v) is 13.9. The SMILES string of the molecule is CC(=O)c1c(Cl)c2c3c(c(-c4ccccc4Cl)cc2n1C)C(=O)NC3=O.CC(O)c1c(Cl)c2c3c(c(-c4ccccc4Cl)cc2n1C)C(=O)NC3=O. The predicted octanol–water partition coefficient (Wildman–Crippen LogP) is 8.33. The third-order valence-corrected chi connectivity index (χ3v) is 10.7. The Labute approximate surface area is 315 Å². The fourth-order valence-corrected chi connectivity index (χ4v) is 8.52. The molecule has 4 aromatic carbocycles. The molecule has 10 nitrogen and oxygen atoms in total. The minimum Gasteiger partial charge on any atom is -0.387 e. The van der Waals surface area contributed by atoms with E-state index >= 15 is 0 Å². The van der Waals surface area contributed by atoms with Crippen LogP contribution in [0.25, 0.3) is 44.1 Å². The number of aryl methyl sites for hydroxylation is 2. The molecule has 0 saturated heterocycles. The van der Waals surface area contributed by atoms with Crippen LogP contribution in [0.1, 0.15) is 77.6 Å². The molecule has 0 fully saturated rings. The summed E-state index contributed by atoms with van der Waals surface area (Å²) in [6.07, 6.45) is -0.834. The van der Waals surface area contributed by atoms with Gasteiger partial charge in [0.25, 0.3) is 23.6 Å². The highest BCUT2D eigenvalue weighted by Crippen LogP contribution is 2.44. The van der Waals surface area contributed by atoms with Gasteiger partial charge in [0.1, 0.15) is 5.69 Å². The lowest BCUT2D eigenvalue weighted by molar-refractivity contribution is 0.0863. The second-order valence-electron chi connectivity index (χ2n) is 12.4. The molecule has 2 aliphatic rings. The number of rotatable bonds is 4. The van der Waals surface area contributed by atoms with Gasteiger partial charge in [-0.1, -0.05) is 82.8 Å². The minimum atomic E-state index is -0.834. The highest BCUT2D eigenvalue weighted by molar-refractivity contribution is 6.43.